The van der Waals surface area contributed by atoms with E-state index in [1.54, 1.807) is 6.07 Å². The Morgan fingerprint density at radius 1 is 1.14 bits per heavy atom. The lowest BCUT2D eigenvalue weighted by Gasteiger charge is -2.32. The largest absolute Gasteiger partial charge is 0.508 e. The molecule has 0 unspecified atom stereocenters. The molecule has 1 aliphatic rings. The van der Waals surface area contributed by atoms with Crippen molar-refractivity contribution in [1.82, 2.24) is 0 Å². The van der Waals surface area contributed by atoms with Gasteiger partial charge in [-0.1, -0.05) is 18.2 Å². The molecule has 2 aromatic rings. The Morgan fingerprint density at radius 3 is 2.68 bits per heavy atom. The molecule has 116 valence electrons. The normalized spacial score (nSPS) is 14.4. The first kappa shape index (κ1) is 14.6. The number of halogens is 3. The van der Waals surface area contributed by atoms with Crippen molar-refractivity contribution in [1.29, 1.82) is 0 Å². The first-order valence-corrected chi connectivity index (χ1v) is 6.81. The Balaban J connectivity index is 1.95. The van der Waals surface area contributed by atoms with Crippen LogP contribution in [0.25, 0.3) is 0 Å². The van der Waals surface area contributed by atoms with E-state index in [0.29, 0.717) is 18.9 Å². The SMILES string of the molecule is Oc1ccc(CN2CCOc3ccccc32)c(C(F)(F)F)c1. The summed E-state index contributed by atoms with van der Waals surface area (Å²) in [6, 6.07) is 10.6. The molecule has 1 N–H and O–H groups in total. The average molecular weight is 309 g/mol. The maximum atomic E-state index is 13.1. The number of phenols is 1. The van der Waals surface area contributed by atoms with Crippen LogP contribution in [0.2, 0.25) is 0 Å². The van der Waals surface area contributed by atoms with E-state index >= 15 is 0 Å². The minimum absolute atomic E-state index is 0.107. The van der Waals surface area contributed by atoms with Gasteiger partial charge in [-0.3, -0.25) is 0 Å². The Morgan fingerprint density at radius 2 is 1.91 bits per heavy atom. The summed E-state index contributed by atoms with van der Waals surface area (Å²) in [6.07, 6.45) is -4.50. The van der Waals surface area contributed by atoms with Gasteiger partial charge in [-0.15, -0.1) is 0 Å². The zero-order chi connectivity index (χ0) is 15.7. The van der Waals surface area contributed by atoms with Gasteiger partial charge in [0.25, 0.3) is 0 Å². The summed E-state index contributed by atoms with van der Waals surface area (Å²) in [5.41, 5.74) is 0.0911. The molecule has 0 radical (unpaired) electrons. The first-order valence-electron chi connectivity index (χ1n) is 6.81. The zero-order valence-electron chi connectivity index (χ0n) is 11.6. The van der Waals surface area contributed by atoms with Gasteiger partial charge in [-0.05, 0) is 29.8 Å². The highest BCUT2D eigenvalue weighted by molar-refractivity contribution is 5.60. The van der Waals surface area contributed by atoms with Gasteiger partial charge in [0.2, 0.25) is 0 Å². The second-order valence-electron chi connectivity index (χ2n) is 5.08. The van der Waals surface area contributed by atoms with Crippen LogP contribution < -0.4 is 9.64 Å². The molecule has 0 aliphatic carbocycles. The van der Waals surface area contributed by atoms with E-state index < -0.39 is 17.5 Å². The molecule has 1 heterocycles. The Kier molecular flexibility index (Phi) is 3.60. The van der Waals surface area contributed by atoms with Gasteiger partial charge in [-0.25, -0.2) is 0 Å². The van der Waals surface area contributed by atoms with Crippen molar-refractivity contribution in [3.8, 4) is 11.5 Å². The number of benzene rings is 2. The molecule has 0 aromatic heterocycles. The summed E-state index contributed by atoms with van der Waals surface area (Å²) in [5, 5.41) is 9.33. The molecule has 6 heteroatoms. The van der Waals surface area contributed by atoms with Gasteiger partial charge in [0.1, 0.15) is 18.1 Å². The fourth-order valence-corrected chi connectivity index (χ4v) is 2.56. The third-order valence-corrected chi connectivity index (χ3v) is 3.58. The Hall–Kier alpha value is -2.37. The maximum Gasteiger partial charge on any atom is 0.416 e. The van der Waals surface area contributed by atoms with Crippen molar-refractivity contribution in [3.05, 3.63) is 53.6 Å². The van der Waals surface area contributed by atoms with E-state index in [9.17, 15) is 18.3 Å². The summed E-state index contributed by atoms with van der Waals surface area (Å²) in [6.45, 7) is 1.04. The van der Waals surface area contributed by atoms with Crippen molar-refractivity contribution >= 4 is 5.69 Å². The first-order chi connectivity index (χ1) is 10.4. The van der Waals surface area contributed by atoms with Crippen molar-refractivity contribution in [2.75, 3.05) is 18.1 Å². The standard InChI is InChI=1S/C16H14F3NO2/c17-16(18,19)13-9-12(21)6-5-11(13)10-20-7-8-22-15-4-2-1-3-14(15)20/h1-6,9,21H,7-8,10H2. The van der Waals surface area contributed by atoms with E-state index in [0.717, 1.165) is 11.8 Å². The number of ether oxygens (including phenoxy) is 1. The van der Waals surface area contributed by atoms with E-state index in [1.807, 2.05) is 23.1 Å². The third kappa shape index (κ3) is 2.81. The van der Waals surface area contributed by atoms with Crippen LogP contribution in [0.1, 0.15) is 11.1 Å². The van der Waals surface area contributed by atoms with E-state index in [1.165, 1.54) is 12.1 Å². The van der Waals surface area contributed by atoms with Crippen molar-refractivity contribution in [2.45, 2.75) is 12.7 Å². The summed E-state index contributed by atoms with van der Waals surface area (Å²) in [5.74, 6) is 0.277. The number of fused-ring (bicyclic) bond motifs is 1. The van der Waals surface area contributed by atoms with Crippen molar-refractivity contribution in [2.24, 2.45) is 0 Å². The van der Waals surface area contributed by atoms with Gasteiger partial charge < -0.3 is 14.7 Å². The number of hydrogen-bond donors (Lipinski definition) is 1. The number of nitrogens with zero attached hydrogens (tertiary/aromatic N) is 1. The van der Waals surface area contributed by atoms with Gasteiger partial charge in [-0.2, -0.15) is 13.2 Å². The number of rotatable bonds is 2. The predicted octanol–water partition coefficient (Wildman–Crippen LogP) is 3.81. The number of alkyl halides is 3. The van der Waals surface area contributed by atoms with Gasteiger partial charge >= 0.3 is 6.18 Å². The number of para-hydroxylation sites is 2. The number of aromatic hydroxyl groups is 1. The van der Waals surface area contributed by atoms with Crippen LogP contribution >= 0.6 is 0 Å². The predicted molar refractivity (Wildman–Crippen MR) is 76.1 cm³/mol. The van der Waals surface area contributed by atoms with Crippen LogP contribution in [0.4, 0.5) is 18.9 Å². The van der Waals surface area contributed by atoms with Crippen LogP contribution in [0, 0.1) is 0 Å². The lowest BCUT2D eigenvalue weighted by atomic mass is 10.1. The van der Waals surface area contributed by atoms with Crippen LogP contribution in [-0.4, -0.2) is 18.3 Å². The molecule has 0 amide bonds. The molecule has 2 aromatic carbocycles. The van der Waals surface area contributed by atoms with Gasteiger partial charge in [0.05, 0.1) is 17.8 Å². The number of hydrogen-bond acceptors (Lipinski definition) is 3. The molecule has 22 heavy (non-hydrogen) atoms. The molecule has 3 nitrogen and oxygen atoms in total. The fraction of sp³-hybridized carbons (Fsp3) is 0.250. The minimum atomic E-state index is -4.50. The maximum absolute atomic E-state index is 13.1. The highest BCUT2D eigenvalue weighted by Gasteiger charge is 2.34. The van der Waals surface area contributed by atoms with Gasteiger partial charge in [0.15, 0.2) is 0 Å². The zero-order valence-corrected chi connectivity index (χ0v) is 11.6. The highest BCUT2D eigenvalue weighted by atomic mass is 19.4. The number of anilines is 1. The lowest BCUT2D eigenvalue weighted by Crippen LogP contribution is -2.32. The van der Waals surface area contributed by atoms with Crippen LogP contribution in [0.3, 0.4) is 0 Å². The molecule has 0 saturated heterocycles. The molecule has 0 spiro atoms. The summed E-state index contributed by atoms with van der Waals surface area (Å²) >= 11 is 0. The smallest absolute Gasteiger partial charge is 0.416 e. The van der Waals surface area contributed by atoms with E-state index in [4.69, 9.17) is 4.74 Å². The summed E-state index contributed by atoms with van der Waals surface area (Å²) in [7, 11) is 0. The van der Waals surface area contributed by atoms with Crippen LogP contribution in [-0.2, 0) is 12.7 Å². The molecule has 0 atom stereocenters. The van der Waals surface area contributed by atoms with Crippen LogP contribution in [0.5, 0.6) is 11.5 Å². The average Bonchev–Trinajstić information content (AvgIpc) is 2.48. The monoisotopic (exact) mass is 309 g/mol. The second kappa shape index (κ2) is 5.44. The fourth-order valence-electron chi connectivity index (χ4n) is 2.56. The summed E-state index contributed by atoms with van der Waals surface area (Å²) in [4.78, 5) is 1.85. The Bertz CT molecular complexity index is 685. The van der Waals surface area contributed by atoms with Crippen molar-refractivity contribution in [3.63, 3.8) is 0 Å². The van der Waals surface area contributed by atoms with Crippen LogP contribution in [0.15, 0.2) is 42.5 Å². The third-order valence-electron chi connectivity index (χ3n) is 3.58. The molecular weight excluding hydrogens is 295 g/mol. The molecule has 1 aliphatic heterocycles. The lowest BCUT2D eigenvalue weighted by molar-refractivity contribution is -0.138. The molecule has 0 bridgehead atoms. The number of phenolic OH excluding ortho intramolecular Hbond substituents is 1. The van der Waals surface area contributed by atoms with E-state index in [2.05, 4.69) is 0 Å². The topological polar surface area (TPSA) is 32.7 Å². The highest BCUT2D eigenvalue weighted by Crippen LogP contribution is 2.37. The minimum Gasteiger partial charge on any atom is -0.508 e. The molecule has 0 saturated carbocycles. The van der Waals surface area contributed by atoms with E-state index in [-0.39, 0.29) is 12.1 Å². The summed E-state index contributed by atoms with van der Waals surface area (Å²) < 4.78 is 44.9. The van der Waals surface area contributed by atoms with Gasteiger partial charge in [0, 0.05) is 6.54 Å². The second-order valence-corrected chi connectivity index (χ2v) is 5.08. The molecule has 3 rings (SSSR count). The molecular formula is C16H14F3NO2. The molecule has 0 fully saturated rings. The Labute approximate surface area is 125 Å². The van der Waals surface area contributed by atoms with Crippen molar-refractivity contribution < 1.29 is 23.0 Å². The quantitative estimate of drug-likeness (QED) is 0.915.